The van der Waals surface area contributed by atoms with Crippen molar-refractivity contribution < 1.29 is 0 Å². The molecule has 6 unspecified atom stereocenters. The summed E-state index contributed by atoms with van der Waals surface area (Å²) >= 11 is 2.75. The summed E-state index contributed by atoms with van der Waals surface area (Å²) < 4.78 is 0.895. The van der Waals surface area contributed by atoms with Crippen LogP contribution >= 0.6 is 22.6 Å². The van der Waals surface area contributed by atoms with E-state index < -0.39 is 0 Å². The van der Waals surface area contributed by atoms with Crippen molar-refractivity contribution in [2.24, 2.45) is 28.6 Å². The van der Waals surface area contributed by atoms with Crippen LogP contribution in [0.3, 0.4) is 0 Å². The molecule has 0 N–H and O–H groups in total. The smallest absolute Gasteiger partial charge is 0.0169 e. The van der Waals surface area contributed by atoms with Crippen molar-refractivity contribution in [2.45, 2.75) is 69.6 Å². The standard InChI is InChI=1S/C20H29I/c1-13-8-10-19(2)14(12-13)4-5-15-16-6-7-18(21)20(16,3)11-9-17(15)19/h4-5,13,16-18H,6-12H2,1-3H3. The zero-order chi connectivity index (χ0) is 14.8. The number of halogens is 1. The summed E-state index contributed by atoms with van der Waals surface area (Å²) in [6.07, 6.45) is 15.1. The van der Waals surface area contributed by atoms with E-state index in [0.29, 0.717) is 10.8 Å². The Morgan fingerprint density at radius 2 is 1.81 bits per heavy atom. The predicted octanol–water partition coefficient (Wildman–Crippen LogP) is 6.31. The van der Waals surface area contributed by atoms with Gasteiger partial charge in [-0.1, -0.05) is 66.7 Å². The van der Waals surface area contributed by atoms with E-state index in [9.17, 15) is 0 Å². The Hall–Kier alpha value is 0.210. The molecule has 6 atom stereocenters. The molecule has 0 radical (unpaired) electrons. The van der Waals surface area contributed by atoms with Gasteiger partial charge in [-0.25, -0.2) is 0 Å². The Kier molecular flexibility index (Phi) is 3.41. The second-order valence-electron chi connectivity index (χ2n) is 8.82. The highest BCUT2D eigenvalue weighted by Crippen LogP contribution is 2.64. The lowest BCUT2D eigenvalue weighted by Gasteiger charge is -2.54. The molecule has 1 heteroatoms. The van der Waals surface area contributed by atoms with E-state index in [0.717, 1.165) is 21.7 Å². The van der Waals surface area contributed by atoms with Gasteiger partial charge in [0.25, 0.3) is 0 Å². The quantitative estimate of drug-likeness (QED) is 0.333. The van der Waals surface area contributed by atoms with Crippen molar-refractivity contribution in [3.63, 3.8) is 0 Å². The molecule has 0 aliphatic heterocycles. The molecule has 3 saturated carbocycles. The van der Waals surface area contributed by atoms with Crippen molar-refractivity contribution in [2.75, 3.05) is 0 Å². The largest absolute Gasteiger partial charge is 0.0820 e. The summed E-state index contributed by atoms with van der Waals surface area (Å²) in [5, 5.41) is 0. The fourth-order valence-electron chi connectivity index (χ4n) is 6.12. The lowest BCUT2D eigenvalue weighted by molar-refractivity contribution is 0.0955. The first-order chi connectivity index (χ1) is 9.95. The zero-order valence-corrected chi connectivity index (χ0v) is 15.9. The lowest BCUT2D eigenvalue weighted by atomic mass is 9.51. The van der Waals surface area contributed by atoms with Gasteiger partial charge in [0.2, 0.25) is 0 Å². The molecule has 21 heavy (non-hydrogen) atoms. The van der Waals surface area contributed by atoms with Crippen LogP contribution in [0.15, 0.2) is 23.3 Å². The number of alkyl halides is 1. The molecule has 3 fully saturated rings. The molecule has 0 saturated heterocycles. The second-order valence-corrected chi connectivity index (χ2v) is 10.3. The predicted molar refractivity (Wildman–Crippen MR) is 98.7 cm³/mol. The fourth-order valence-corrected chi connectivity index (χ4v) is 7.23. The average Bonchev–Trinajstić information content (AvgIpc) is 2.76. The molecule has 0 spiro atoms. The summed E-state index contributed by atoms with van der Waals surface area (Å²) in [4.78, 5) is 0. The maximum Gasteiger partial charge on any atom is 0.0169 e. The number of fused-ring (bicyclic) bond motifs is 5. The van der Waals surface area contributed by atoms with Gasteiger partial charge in [0.05, 0.1) is 0 Å². The van der Waals surface area contributed by atoms with Crippen LogP contribution in [0.2, 0.25) is 0 Å². The Balaban J connectivity index is 1.74. The van der Waals surface area contributed by atoms with E-state index in [1.165, 1.54) is 44.9 Å². The van der Waals surface area contributed by atoms with Crippen LogP contribution in [0.4, 0.5) is 0 Å². The molecular formula is C20H29I. The highest BCUT2D eigenvalue weighted by atomic mass is 127. The molecule has 116 valence electrons. The number of allylic oxidation sites excluding steroid dienone is 4. The minimum Gasteiger partial charge on any atom is -0.0820 e. The van der Waals surface area contributed by atoms with E-state index in [1.54, 1.807) is 5.57 Å². The molecule has 0 heterocycles. The zero-order valence-electron chi connectivity index (χ0n) is 13.8. The molecule has 0 amide bonds. The van der Waals surface area contributed by atoms with E-state index in [4.69, 9.17) is 0 Å². The molecule has 0 nitrogen and oxygen atoms in total. The van der Waals surface area contributed by atoms with Gasteiger partial charge in [0.1, 0.15) is 0 Å². The first kappa shape index (κ1) is 14.8. The van der Waals surface area contributed by atoms with Crippen molar-refractivity contribution in [3.05, 3.63) is 23.3 Å². The van der Waals surface area contributed by atoms with Gasteiger partial charge in [-0.15, -0.1) is 0 Å². The van der Waals surface area contributed by atoms with Crippen molar-refractivity contribution in [1.29, 1.82) is 0 Å². The van der Waals surface area contributed by atoms with Gasteiger partial charge < -0.3 is 0 Å². The van der Waals surface area contributed by atoms with Gasteiger partial charge in [-0.2, -0.15) is 0 Å². The molecule has 0 bridgehead atoms. The molecule has 0 aromatic carbocycles. The Labute approximate surface area is 144 Å². The van der Waals surface area contributed by atoms with Crippen LogP contribution in [0, 0.1) is 28.6 Å². The normalized spacial score (nSPS) is 52.4. The minimum absolute atomic E-state index is 0.501. The van der Waals surface area contributed by atoms with Crippen molar-refractivity contribution in [1.82, 2.24) is 0 Å². The Bertz CT molecular complexity index is 516. The average molecular weight is 396 g/mol. The van der Waals surface area contributed by atoms with Crippen LogP contribution in [0.25, 0.3) is 0 Å². The second kappa shape index (κ2) is 4.85. The maximum absolute atomic E-state index is 2.75. The first-order valence-electron chi connectivity index (χ1n) is 9.00. The molecule has 4 aliphatic rings. The van der Waals surface area contributed by atoms with E-state index >= 15 is 0 Å². The summed E-state index contributed by atoms with van der Waals surface area (Å²) in [5.74, 6) is 2.65. The van der Waals surface area contributed by atoms with Crippen LogP contribution < -0.4 is 0 Å². The SMILES string of the molecule is CC1CCC2(C)C(=CC=C3C2CCC2(C)C(I)CCC32)C1. The lowest BCUT2D eigenvalue weighted by Crippen LogP contribution is -2.45. The molecule has 4 aliphatic carbocycles. The molecular weight excluding hydrogens is 367 g/mol. The Morgan fingerprint density at radius 3 is 2.62 bits per heavy atom. The number of hydrogen-bond acceptors (Lipinski definition) is 0. The minimum atomic E-state index is 0.501. The van der Waals surface area contributed by atoms with Crippen LogP contribution in [-0.4, -0.2) is 3.92 Å². The van der Waals surface area contributed by atoms with Crippen LogP contribution in [0.1, 0.15) is 65.7 Å². The fraction of sp³-hybridized carbons (Fsp3) is 0.800. The van der Waals surface area contributed by atoms with E-state index in [1.807, 2.05) is 5.57 Å². The highest BCUT2D eigenvalue weighted by Gasteiger charge is 2.55. The van der Waals surface area contributed by atoms with Crippen LogP contribution in [-0.2, 0) is 0 Å². The van der Waals surface area contributed by atoms with Gasteiger partial charge in [0.15, 0.2) is 0 Å². The van der Waals surface area contributed by atoms with Gasteiger partial charge in [0, 0.05) is 3.92 Å². The third-order valence-electron chi connectivity index (χ3n) is 7.70. The van der Waals surface area contributed by atoms with Gasteiger partial charge in [-0.05, 0) is 73.5 Å². The summed E-state index contributed by atoms with van der Waals surface area (Å²) in [7, 11) is 0. The van der Waals surface area contributed by atoms with E-state index in [2.05, 4.69) is 55.5 Å². The van der Waals surface area contributed by atoms with E-state index in [-0.39, 0.29) is 0 Å². The number of rotatable bonds is 0. The third kappa shape index (κ3) is 1.98. The summed E-state index contributed by atoms with van der Waals surface area (Å²) in [6, 6.07) is 0. The number of hydrogen-bond donors (Lipinski definition) is 0. The monoisotopic (exact) mass is 396 g/mol. The molecule has 4 rings (SSSR count). The maximum atomic E-state index is 2.75. The third-order valence-corrected chi connectivity index (χ3v) is 9.75. The first-order valence-corrected chi connectivity index (χ1v) is 10.2. The summed E-state index contributed by atoms with van der Waals surface area (Å²) in [5.41, 5.74) is 4.72. The van der Waals surface area contributed by atoms with Crippen molar-refractivity contribution >= 4 is 22.6 Å². The van der Waals surface area contributed by atoms with Crippen LogP contribution in [0.5, 0.6) is 0 Å². The van der Waals surface area contributed by atoms with Gasteiger partial charge in [-0.3, -0.25) is 0 Å². The van der Waals surface area contributed by atoms with Gasteiger partial charge >= 0.3 is 0 Å². The Morgan fingerprint density at radius 1 is 1.00 bits per heavy atom. The molecule has 0 aromatic rings. The highest BCUT2D eigenvalue weighted by molar-refractivity contribution is 14.1. The molecule has 0 aromatic heterocycles. The topological polar surface area (TPSA) is 0 Å². The summed E-state index contributed by atoms with van der Waals surface area (Å²) in [6.45, 7) is 7.63. The van der Waals surface area contributed by atoms with Crippen molar-refractivity contribution in [3.8, 4) is 0 Å².